The van der Waals surface area contributed by atoms with E-state index in [0.717, 1.165) is 10.9 Å². The Bertz CT molecular complexity index is 358. The first-order valence-corrected chi connectivity index (χ1v) is 5.27. The summed E-state index contributed by atoms with van der Waals surface area (Å²) in [5.74, 6) is -0.711. The number of rotatable bonds is 2. The van der Waals surface area contributed by atoms with Crippen LogP contribution in [0.2, 0.25) is 0 Å². The number of carboxylic acids is 1. The molecule has 1 rings (SSSR count). The first kappa shape index (κ1) is 13.7. The van der Waals surface area contributed by atoms with E-state index in [1.54, 1.807) is 6.07 Å². The van der Waals surface area contributed by atoms with Crippen LogP contribution < -0.4 is 0 Å². The Morgan fingerprint density at radius 1 is 1.53 bits per heavy atom. The van der Waals surface area contributed by atoms with Gasteiger partial charge < -0.3 is 5.11 Å². The van der Waals surface area contributed by atoms with Crippen molar-refractivity contribution in [3.05, 3.63) is 34.3 Å². The normalized spacial score (nSPS) is 8.33. The van der Waals surface area contributed by atoms with E-state index < -0.39 is 5.97 Å². The van der Waals surface area contributed by atoms with Crippen molar-refractivity contribution in [2.45, 2.75) is 19.8 Å². The Hall–Kier alpha value is -1.34. The first-order chi connectivity index (χ1) is 7.11. The molecule has 80 valence electrons. The molecule has 3 nitrogen and oxygen atoms in total. The Kier molecular flexibility index (Phi) is 7.29. The molecule has 1 N–H and O–H groups in total. The number of carboxylic acid groups (broad SMARTS) is 1. The molecule has 1 aromatic rings. The molecule has 0 unspecified atom stereocenters. The number of aliphatic carboxylic acids is 1. The van der Waals surface area contributed by atoms with Crippen molar-refractivity contribution in [2.75, 3.05) is 0 Å². The molecular formula is C11H12BrNO2. The van der Waals surface area contributed by atoms with Gasteiger partial charge in [-0.15, -0.1) is 0 Å². The van der Waals surface area contributed by atoms with Gasteiger partial charge in [-0.3, -0.25) is 4.79 Å². The quantitative estimate of drug-likeness (QED) is 0.897. The van der Waals surface area contributed by atoms with Gasteiger partial charge in [-0.2, -0.15) is 5.26 Å². The number of nitriles is 1. The average molecular weight is 270 g/mol. The number of benzene rings is 1. The largest absolute Gasteiger partial charge is 0.481 e. The van der Waals surface area contributed by atoms with Crippen LogP contribution in [0.25, 0.3) is 0 Å². The fourth-order valence-electron chi connectivity index (χ4n) is 0.766. The van der Waals surface area contributed by atoms with Crippen LogP contribution in [0, 0.1) is 11.3 Å². The summed E-state index contributed by atoms with van der Waals surface area (Å²) in [5.41, 5.74) is 0.678. The van der Waals surface area contributed by atoms with Gasteiger partial charge in [-0.05, 0) is 34.5 Å². The van der Waals surface area contributed by atoms with Gasteiger partial charge in [0.05, 0.1) is 5.56 Å². The summed E-state index contributed by atoms with van der Waals surface area (Å²) in [6.45, 7) is 1.84. The van der Waals surface area contributed by atoms with Crippen molar-refractivity contribution in [1.29, 1.82) is 5.26 Å². The van der Waals surface area contributed by atoms with Gasteiger partial charge >= 0.3 is 5.97 Å². The number of hydrogen-bond acceptors (Lipinski definition) is 2. The SMILES string of the molecule is CCCC(=O)O.N#Cc1ccccc1Br. The van der Waals surface area contributed by atoms with Crippen molar-refractivity contribution in [3.8, 4) is 6.07 Å². The molecule has 0 saturated heterocycles. The molecule has 15 heavy (non-hydrogen) atoms. The molecule has 1 aromatic carbocycles. The van der Waals surface area contributed by atoms with E-state index in [1.165, 1.54) is 0 Å². The summed E-state index contributed by atoms with van der Waals surface area (Å²) < 4.78 is 0.854. The second-order valence-corrected chi connectivity index (χ2v) is 3.59. The second kappa shape index (κ2) is 8.01. The minimum atomic E-state index is -0.711. The highest BCUT2D eigenvalue weighted by Crippen LogP contribution is 2.13. The molecule has 0 aliphatic rings. The topological polar surface area (TPSA) is 61.1 Å². The van der Waals surface area contributed by atoms with Crippen LogP contribution in [-0.4, -0.2) is 11.1 Å². The highest BCUT2D eigenvalue weighted by molar-refractivity contribution is 9.10. The third-order valence-corrected chi connectivity index (χ3v) is 2.15. The molecule has 0 aromatic heterocycles. The summed E-state index contributed by atoms with van der Waals surface area (Å²) in [5, 5.41) is 16.4. The standard InChI is InChI=1S/C7H4BrN.C4H8O2/c8-7-4-2-1-3-6(7)5-9;1-2-3-4(5)6/h1-4H;2-3H2,1H3,(H,5,6). The van der Waals surface area contributed by atoms with Gasteiger partial charge in [0.15, 0.2) is 0 Å². The van der Waals surface area contributed by atoms with E-state index >= 15 is 0 Å². The average Bonchev–Trinajstić information content (AvgIpc) is 2.19. The molecule has 4 heteroatoms. The highest BCUT2D eigenvalue weighted by Gasteiger charge is 1.92. The van der Waals surface area contributed by atoms with E-state index in [1.807, 2.05) is 31.2 Å². The van der Waals surface area contributed by atoms with Gasteiger partial charge in [0, 0.05) is 10.9 Å². The van der Waals surface area contributed by atoms with Crippen LogP contribution in [0.1, 0.15) is 25.3 Å². The number of nitrogens with zero attached hydrogens (tertiary/aromatic N) is 1. The Labute approximate surface area is 97.5 Å². The molecule has 0 bridgehead atoms. The molecule has 0 aliphatic carbocycles. The van der Waals surface area contributed by atoms with Crippen LogP contribution in [-0.2, 0) is 4.79 Å². The molecule has 0 fully saturated rings. The van der Waals surface area contributed by atoms with Crippen molar-refractivity contribution in [1.82, 2.24) is 0 Å². The maximum absolute atomic E-state index is 9.60. The lowest BCUT2D eigenvalue weighted by Crippen LogP contribution is -1.90. The molecular weight excluding hydrogens is 258 g/mol. The minimum absolute atomic E-state index is 0.292. The maximum Gasteiger partial charge on any atom is 0.303 e. The fourth-order valence-corrected chi connectivity index (χ4v) is 1.14. The van der Waals surface area contributed by atoms with Crippen molar-refractivity contribution in [3.63, 3.8) is 0 Å². The predicted octanol–water partition coefficient (Wildman–Crippen LogP) is 3.19. The summed E-state index contributed by atoms with van der Waals surface area (Å²) >= 11 is 3.23. The lowest BCUT2D eigenvalue weighted by atomic mass is 10.2. The Morgan fingerprint density at radius 2 is 2.13 bits per heavy atom. The lowest BCUT2D eigenvalue weighted by molar-refractivity contribution is -0.137. The second-order valence-electron chi connectivity index (χ2n) is 2.74. The molecule has 0 amide bonds. The van der Waals surface area contributed by atoms with Crippen molar-refractivity contribution < 1.29 is 9.90 Å². The lowest BCUT2D eigenvalue weighted by Gasteiger charge is -1.88. The molecule has 0 heterocycles. The van der Waals surface area contributed by atoms with Gasteiger partial charge in [0.25, 0.3) is 0 Å². The first-order valence-electron chi connectivity index (χ1n) is 4.48. The molecule has 0 atom stereocenters. The third kappa shape index (κ3) is 6.69. The predicted molar refractivity (Wildman–Crippen MR) is 61.4 cm³/mol. The van der Waals surface area contributed by atoms with Gasteiger partial charge in [0.2, 0.25) is 0 Å². The zero-order valence-electron chi connectivity index (χ0n) is 8.40. The van der Waals surface area contributed by atoms with E-state index in [4.69, 9.17) is 10.4 Å². The van der Waals surface area contributed by atoms with E-state index in [9.17, 15) is 4.79 Å². The Balaban J connectivity index is 0.000000288. The van der Waals surface area contributed by atoms with Crippen LogP contribution in [0.15, 0.2) is 28.7 Å². The van der Waals surface area contributed by atoms with Crippen LogP contribution in [0.3, 0.4) is 0 Å². The summed E-state index contributed by atoms with van der Waals surface area (Å²) in [6, 6.07) is 9.38. The monoisotopic (exact) mass is 269 g/mol. The third-order valence-electron chi connectivity index (χ3n) is 1.46. The van der Waals surface area contributed by atoms with E-state index in [-0.39, 0.29) is 0 Å². The van der Waals surface area contributed by atoms with E-state index in [0.29, 0.717) is 12.0 Å². The van der Waals surface area contributed by atoms with Gasteiger partial charge in [-0.1, -0.05) is 19.1 Å². The fraction of sp³-hybridized carbons (Fsp3) is 0.273. The Morgan fingerprint density at radius 3 is 2.40 bits per heavy atom. The molecule has 0 aliphatic heterocycles. The summed E-state index contributed by atoms with van der Waals surface area (Å²) in [6.07, 6.45) is 1.02. The van der Waals surface area contributed by atoms with Crippen LogP contribution >= 0.6 is 15.9 Å². The minimum Gasteiger partial charge on any atom is -0.481 e. The highest BCUT2D eigenvalue weighted by atomic mass is 79.9. The summed E-state index contributed by atoms with van der Waals surface area (Å²) in [4.78, 5) is 9.60. The molecule has 0 radical (unpaired) electrons. The smallest absolute Gasteiger partial charge is 0.303 e. The zero-order chi connectivity index (χ0) is 11.7. The summed E-state index contributed by atoms with van der Waals surface area (Å²) in [7, 11) is 0. The molecule has 0 saturated carbocycles. The number of carbonyl (C=O) groups is 1. The maximum atomic E-state index is 9.60. The van der Waals surface area contributed by atoms with Crippen molar-refractivity contribution >= 4 is 21.9 Å². The number of hydrogen-bond donors (Lipinski definition) is 1. The van der Waals surface area contributed by atoms with Crippen LogP contribution in [0.4, 0.5) is 0 Å². The van der Waals surface area contributed by atoms with E-state index in [2.05, 4.69) is 15.9 Å². The van der Waals surface area contributed by atoms with Crippen LogP contribution in [0.5, 0.6) is 0 Å². The van der Waals surface area contributed by atoms with Crippen molar-refractivity contribution in [2.24, 2.45) is 0 Å². The van der Waals surface area contributed by atoms with Gasteiger partial charge in [-0.25, -0.2) is 0 Å². The number of halogens is 1. The zero-order valence-corrected chi connectivity index (χ0v) is 9.99. The van der Waals surface area contributed by atoms with Gasteiger partial charge in [0.1, 0.15) is 6.07 Å². The molecule has 0 spiro atoms.